The molecule has 0 bridgehead atoms. The zero-order valence-corrected chi connectivity index (χ0v) is 9.69. The number of allylic oxidation sites excluding steroid dienone is 1. The average molecular weight is 236 g/mol. The molecule has 1 aromatic heterocycles. The van der Waals surface area contributed by atoms with Gasteiger partial charge >= 0.3 is 11.4 Å². The molecular formula is C11H16N4O2. The lowest BCUT2D eigenvalue weighted by Crippen LogP contribution is -2.41. The SMILES string of the molecule is C=CCn1c(=O)nc(N2CCCCC2)[nH]c1=O. The van der Waals surface area contributed by atoms with Gasteiger partial charge in [-0.25, -0.2) is 14.2 Å². The molecule has 0 spiro atoms. The fourth-order valence-electron chi connectivity index (χ4n) is 1.97. The Morgan fingerprint density at radius 1 is 1.29 bits per heavy atom. The molecule has 1 aliphatic rings. The summed E-state index contributed by atoms with van der Waals surface area (Å²) in [5.74, 6) is 0.389. The first kappa shape index (κ1) is 11.6. The number of anilines is 1. The Bertz CT molecular complexity index is 480. The van der Waals surface area contributed by atoms with Gasteiger partial charge in [0.2, 0.25) is 5.95 Å². The molecule has 17 heavy (non-hydrogen) atoms. The lowest BCUT2D eigenvalue weighted by Gasteiger charge is -2.26. The van der Waals surface area contributed by atoms with Gasteiger partial charge < -0.3 is 4.90 Å². The molecule has 1 aliphatic heterocycles. The smallest absolute Gasteiger partial charge is 0.342 e. The van der Waals surface area contributed by atoms with Gasteiger partial charge in [0, 0.05) is 13.1 Å². The summed E-state index contributed by atoms with van der Waals surface area (Å²) >= 11 is 0. The topological polar surface area (TPSA) is 71.0 Å². The van der Waals surface area contributed by atoms with Crippen LogP contribution in [0.4, 0.5) is 5.95 Å². The normalized spacial score (nSPS) is 15.9. The van der Waals surface area contributed by atoms with Crippen molar-refractivity contribution >= 4 is 5.95 Å². The highest BCUT2D eigenvalue weighted by molar-refractivity contribution is 5.27. The van der Waals surface area contributed by atoms with E-state index in [1.54, 1.807) is 0 Å². The van der Waals surface area contributed by atoms with E-state index in [1.165, 1.54) is 12.5 Å². The van der Waals surface area contributed by atoms with Gasteiger partial charge in [-0.2, -0.15) is 4.98 Å². The van der Waals surface area contributed by atoms with Crippen LogP contribution in [-0.2, 0) is 6.54 Å². The summed E-state index contributed by atoms with van der Waals surface area (Å²) in [6, 6.07) is 0. The molecule has 2 rings (SSSR count). The summed E-state index contributed by atoms with van der Waals surface area (Å²) in [6.45, 7) is 5.36. The van der Waals surface area contributed by atoms with Crippen LogP contribution in [0.2, 0.25) is 0 Å². The van der Waals surface area contributed by atoms with Crippen LogP contribution in [0.15, 0.2) is 22.2 Å². The first-order valence-electron chi connectivity index (χ1n) is 5.79. The Balaban J connectivity index is 2.34. The van der Waals surface area contributed by atoms with E-state index in [2.05, 4.69) is 16.5 Å². The molecule has 0 aliphatic carbocycles. The minimum atomic E-state index is -0.519. The van der Waals surface area contributed by atoms with Crippen molar-refractivity contribution in [2.45, 2.75) is 25.8 Å². The van der Waals surface area contributed by atoms with E-state index in [9.17, 15) is 9.59 Å². The number of aromatic amines is 1. The summed E-state index contributed by atoms with van der Waals surface area (Å²) in [6.07, 6.45) is 4.83. The number of nitrogens with one attached hydrogen (secondary N) is 1. The molecule has 0 aromatic carbocycles. The van der Waals surface area contributed by atoms with Gasteiger partial charge in [-0.05, 0) is 19.3 Å². The van der Waals surface area contributed by atoms with Crippen molar-refractivity contribution < 1.29 is 0 Å². The summed E-state index contributed by atoms with van der Waals surface area (Å²) in [7, 11) is 0. The van der Waals surface area contributed by atoms with Gasteiger partial charge in [-0.1, -0.05) is 6.08 Å². The molecule has 1 saturated heterocycles. The van der Waals surface area contributed by atoms with Gasteiger partial charge in [-0.15, -0.1) is 6.58 Å². The summed E-state index contributed by atoms with van der Waals surface area (Å²) in [5.41, 5.74) is -0.945. The first-order chi connectivity index (χ1) is 8.22. The molecule has 0 unspecified atom stereocenters. The van der Waals surface area contributed by atoms with Crippen LogP contribution in [0.25, 0.3) is 0 Å². The summed E-state index contributed by atoms with van der Waals surface area (Å²) < 4.78 is 1.03. The maximum atomic E-state index is 11.7. The summed E-state index contributed by atoms with van der Waals surface area (Å²) in [4.78, 5) is 31.8. The largest absolute Gasteiger partial charge is 0.355 e. The lowest BCUT2D eigenvalue weighted by atomic mass is 10.1. The third kappa shape index (κ3) is 2.46. The van der Waals surface area contributed by atoms with Crippen molar-refractivity contribution in [3.05, 3.63) is 33.6 Å². The Hall–Kier alpha value is -1.85. The van der Waals surface area contributed by atoms with Crippen molar-refractivity contribution in [2.24, 2.45) is 0 Å². The van der Waals surface area contributed by atoms with Crippen molar-refractivity contribution in [1.29, 1.82) is 0 Å². The van der Waals surface area contributed by atoms with E-state index < -0.39 is 11.4 Å². The zero-order valence-electron chi connectivity index (χ0n) is 9.69. The van der Waals surface area contributed by atoms with E-state index in [-0.39, 0.29) is 6.54 Å². The highest BCUT2D eigenvalue weighted by atomic mass is 16.2. The molecule has 6 heteroatoms. The molecular weight excluding hydrogens is 220 g/mol. The van der Waals surface area contributed by atoms with Crippen molar-refractivity contribution in [3.8, 4) is 0 Å². The van der Waals surface area contributed by atoms with Crippen molar-refractivity contribution in [1.82, 2.24) is 14.5 Å². The van der Waals surface area contributed by atoms with Crippen LogP contribution in [0, 0.1) is 0 Å². The highest BCUT2D eigenvalue weighted by Crippen LogP contribution is 2.12. The van der Waals surface area contributed by atoms with Crippen molar-refractivity contribution in [3.63, 3.8) is 0 Å². The van der Waals surface area contributed by atoms with E-state index in [4.69, 9.17) is 0 Å². The zero-order chi connectivity index (χ0) is 12.3. The lowest BCUT2D eigenvalue weighted by molar-refractivity contribution is 0.558. The molecule has 0 amide bonds. The monoisotopic (exact) mass is 236 g/mol. The summed E-state index contributed by atoms with van der Waals surface area (Å²) in [5, 5.41) is 0. The number of rotatable bonds is 3. The molecule has 0 saturated carbocycles. The quantitative estimate of drug-likeness (QED) is 0.756. The van der Waals surface area contributed by atoms with Gasteiger partial charge in [0.1, 0.15) is 0 Å². The molecule has 1 aromatic rings. The highest BCUT2D eigenvalue weighted by Gasteiger charge is 2.14. The third-order valence-electron chi connectivity index (χ3n) is 2.86. The number of H-pyrrole nitrogens is 1. The molecule has 2 heterocycles. The maximum absolute atomic E-state index is 11.7. The van der Waals surface area contributed by atoms with Crippen LogP contribution in [0.5, 0.6) is 0 Å². The second kappa shape index (κ2) is 4.99. The number of nitrogens with zero attached hydrogens (tertiary/aromatic N) is 3. The van der Waals surface area contributed by atoms with Crippen molar-refractivity contribution in [2.75, 3.05) is 18.0 Å². The standard InChI is InChI=1S/C11H16N4O2/c1-2-6-15-10(16)12-9(13-11(15)17)14-7-4-3-5-8-14/h2H,1,3-8H2,(H,12,13,16,17). The number of piperidine rings is 1. The second-order valence-electron chi connectivity index (χ2n) is 4.10. The van der Waals surface area contributed by atoms with Gasteiger partial charge in [0.05, 0.1) is 6.54 Å². The molecule has 0 atom stereocenters. The van der Waals surface area contributed by atoms with Crippen LogP contribution < -0.4 is 16.3 Å². The Morgan fingerprint density at radius 3 is 2.59 bits per heavy atom. The fourth-order valence-corrected chi connectivity index (χ4v) is 1.97. The molecule has 92 valence electrons. The molecule has 1 N–H and O–H groups in total. The Kier molecular flexibility index (Phi) is 3.41. The number of hydrogen-bond donors (Lipinski definition) is 1. The first-order valence-corrected chi connectivity index (χ1v) is 5.79. The Morgan fingerprint density at radius 2 is 2.00 bits per heavy atom. The van der Waals surface area contributed by atoms with Gasteiger partial charge in [0.15, 0.2) is 0 Å². The predicted octanol–water partition coefficient (Wildman–Crippen LogP) is 0.108. The second-order valence-corrected chi connectivity index (χ2v) is 4.10. The number of aromatic nitrogens is 3. The minimum Gasteiger partial charge on any atom is -0.342 e. The van der Waals surface area contributed by atoms with E-state index >= 15 is 0 Å². The predicted molar refractivity (Wildman–Crippen MR) is 65.4 cm³/mol. The maximum Gasteiger partial charge on any atom is 0.355 e. The minimum absolute atomic E-state index is 0.182. The van der Waals surface area contributed by atoms with Crippen LogP contribution in [0.1, 0.15) is 19.3 Å². The van der Waals surface area contributed by atoms with E-state index in [0.717, 1.165) is 30.5 Å². The van der Waals surface area contributed by atoms with E-state index in [1.807, 2.05) is 4.90 Å². The number of hydrogen-bond acceptors (Lipinski definition) is 4. The molecule has 6 nitrogen and oxygen atoms in total. The van der Waals surface area contributed by atoms with Crippen LogP contribution in [-0.4, -0.2) is 27.6 Å². The fraction of sp³-hybridized carbons (Fsp3) is 0.545. The van der Waals surface area contributed by atoms with E-state index in [0.29, 0.717) is 5.95 Å². The van der Waals surface area contributed by atoms with Gasteiger partial charge in [0.25, 0.3) is 0 Å². The molecule has 1 fully saturated rings. The molecule has 0 radical (unpaired) electrons. The third-order valence-corrected chi connectivity index (χ3v) is 2.86. The Labute approximate surface area is 98.6 Å². The average Bonchev–Trinajstić information content (AvgIpc) is 2.35. The van der Waals surface area contributed by atoms with Crippen LogP contribution >= 0.6 is 0 Å². The van der Waals surface area contributed by atoms with Crippen LogP contribution in [0.3, 0.4) is 0 Å². The van der Waals surface area contributed by atoms with Gasteiger partial charge in [-0.3, -0.25) is 4.98 Å².